The normalized spacial score (nSPS) is 13.5. The molecule has 1 unspecified atom stereocenters. The van der Waals surface area contributed by atoms with Crippen LogP contribution in [0, 0.1) is 6.92 Å². The van der Waals surface area contributed by atoms with Crippen LogP contribution in [0.1, 0.15) is 50.3 Å². The van der Waals surface area contributed by atoms with Crippen LogP contribution >= 0.6 is 0 Å². The molecule has 1 aromatic rings. The van der Waals surface area contributed by atoms with E-state index < -0.39 is 11.9 Å². The number of hydrogen-bond donors (Lipinski definition) is 2. The molecule has 0 saturated carbocycles. The second-order valence-corrected chi connectivity index (χ2v) is 5.54. The number of aryl methyl sites for hydroxylation is 1. The number of carboxylic acid groups (broad SMARTS) is 1. The van der Waals surface area contributed by atoms with Crippen molar-refractivity contribution in [3.05, 3.63) is 28.8 Å². The van der Waals surface area contributed by atoms with Gasteiger partial charge in [0.05, 0.1) is 5.92 Å². The number of aliphatic carboxylic acids is 1. The summed E-state index contributed by atoms with van der Waals surface area (Å²) in [6.07, 6.45) is 0. The molecule has 2 N–H and O–H groups in total. The molecule has 0 aromatic heterocycles. The monoisotopic (exact) mass is 236 g/mol. The number of benzene rings is 1. The van der Waals surface area contributed by atoms with Gasteiger partial charge in [-0.2, -0.15) is 0 Å². The number of hydrogen-bond acceptors (Lipinski definition) is 2. The van der Waals surface area contributed by atoms with Crippen molar-refractivity contribution in [3.8, 4) is 5.75 Å². The summed E-state index contributed by atoms with van der Waals surface area (Å²) in [4.78, 5) is 11.0. The molecule has 3 heteroatoms. The van der Waals surface area contributed by atoms with Crippen LogP contribution in [0.5, 0.6) is 5.75 Å². The molecular weight excluding hydrogens is 216 g/mol. The molecular formula is C14H20O3. The maximum absolute atomic E-state index is 11.0. The molecule has 3 nitrogen and oxygen atoms in total. The van der Waals surface area contributed by atoms with Gasteiger partial charge in [0.25, 0.3) is 0 Å². The minimum Gasteiger partial charge on any atom is -0.507 e. The Morgan fingerprint density at radius 1 is 1.29 bits per heavy atom. The molecule has 0 aliphatic carbocycles. The highest BCUT2D eigenvalue weighted by molar-refractivity contribution is 5.76. The molecule has 0 amide bonds. The molecule has 0 spiro atoms. The number of carbonyl (C=O) groups is 1. The predicted octanol–water partition coefficient (Wildman–Crippen LogP) is 3.19. The molecule has 0 aliphatic heterocycles. The zero-order valence-electron chi connectivity index (χ0n) is 11.0. The fourth-order valence-electron chi connectivity index (χ4n) is 1.77. The molecule has 1 rings (SSSR count). The number of phenolic OH excluding ortho intramolecular Hbond substituents is 1. The molecule has 0 saturated heterocycles. The van der Waals surface area contributed by atoms with E-state index in [-0.39, 0.29) is 11.2 Å². The Bertz CT molecular complexity index is 442. The highest BCUT2D eigenvalue weighted by Crippen LogP contribution is 2.35. The second-order valence-electron chi connectivity index (χ2n) is 5.54. The summed E-state index contributed by atoms with van der Waals surface area (Å²) in [5, 5.41) is 19.1. The van der Waals surface area contributed by atoms with Gasteiger partial charge in [-0.3, -0.25) is 4.79 Å². The smallest absolute Gasteiger partial charge is 0.310 e. The van der Waals surface area contributed by atoms with Gasteiger partial charge in [0.2, 0.25) is 0 Å². The Balaban J connectivity index is 3.39. The Morgan fingerprint density at radius 2 is 1.82 bits per heavy atom. The maximum atomic E-state index is 11.0. The van der Waals surface area contributed by atoms with Gasteiger partial charge in [-0.1, -0.05) is 32.9 Å². The molecule has 1 atom stereocenters. The van der Waals surface area contributed by atoms with Crippen molar-refractivity contribution in [1.82, 2.24) is 0 Å². The first-order valence-corrected chi connectivity index (χ1v) is 5.71. The van der Waals surface area contributed by atoms with Gasteiger partial charge < -0.3 is 10.2 Å². The Morgan fingerprint density at radius 3 is 2.24 bits per heavy atom. The van der Waals surface area contributed by atoms with Gasteiger partial charge in [-0.05, 0) is 36.0 Å². The van der Waals surface area contributed by atoms with Crippen molar-refractivity contribution in [1.29, 1.82) is 0 Å². The first-order chi connectivity index (χ1) is 7.64. The van der Waals surface area contributed by atoms with E-state index in [1.54, 1.807) is 26.0 Å². The van der Waals surface area contributed by atoms with Crippen molar-refractivity contribution in [2.24, 2.45) is 0 Å². The molecule has 0 bridgehead atoms. The van der Waals surface area contributed by atoms with Crippen molar-refractivity contribution < 1.29 is 15.0 Å². The quantitative estimate of drug-likeness (QED) is 0.829. The van der Waals surface area contributed by atoms with Crippen molar-refractivity contribution in [3.63, 3.8) is 0 Å². The van der Waals surface area contributed by atoms with E-state index in [2.05, 4.69) is 0 Å². The third-order valence-electron chi connectivity index (χ3n) is 3.00. The van der Waals surface area contributed by atoms with Gasteiger partial charge in [-0.15, -0.1) is 0 Å². The van der Waals surface area contributed by atoms with Crippen molar-refractivity contribution in [2.45, 2.75) is 46.0 Å². The van der Waals surface area contributed by atoms with Gasteiger partial charge >= 0.3 is 5.97 Å². The Kier molecular flexibility index (Phi) is 3.51. The van der Waals surface area contributed by atoms with Crippen molar-refractivity contribution >= 4 is 5.97 Å². The first kappa shape index (κ1) is 13.6. The van der Waals surface area contributed by atoms with E-state index in [1.165, 1.54) is 0 Å². The average molecular weight is 236 g/mol. The van der Waals surface area contributed by atoms with E-state index in [1.807, 2.05) is 20.8 Å². The molecule has 0 heterocycles. The third-order valence-corrected chi connectivity index (χ3v) is 3.00. The summed E-state index contributed by atoms with van der Waals surface area (Å²) in [6, 6.07) is 3.53. The number of aromatic hydroxyl groups is 1. The summed E-state index contributed by atoms with van der Waals surface area (Å²) >= 11 is 0. The van der Waals surface area contributed by atoms with Gasteiger partial charge in [-0.25, -0.2) is 0 Å². The molecule has 17 heavy (non-hydrogen) atoms. The highest BCUT2D eigenvalue weighted by Gasteiger charge is 2.23. The topological polar surface area (TPSA) is 57.5 Å². The van der Waals surface area contributed by atoms with E-state index in [4.69, 9.17) is 5.11 Å². The molecule has 1 aromatic carbocycles. The lowest BCUT2D eigenvalue weighted by molar-refractivity contribution is -0.138. The predicted molar refractivity (Wildman–Crippen MR) is 67.6 cm³/mol. The molecule has 0 fully saturated rings. The van der Waals surface area contributed by atoms with Crippen molar-refractivity contribution in [2.75, 3.05) is 0 Å². The van der Waals surface area contributed by atoms with E-state index in [0.29, 0.717) is 0 Å². The Hall–Kier alpha value is -1.51. The Labute approximate surface area is 102 Å². The van der Waals surface area contributed by atoms with E-state index in [9.17, 15) is 9.90 Å². The molecule has 94 valence electrons. The van der Waals surface area contributed by atoms with Crippen LogP contribution in [0.15, 0.2) is 12.1 Å². The molecule has 0 aliphatic rings. The highest BCUT2D eigenvalue weighted by atomic mass is 16.4. The van der Waals surface area contributed by atoms with E-state index >= 15 is 0 Å². The number of carboxylic acids is 1. The standard InChI is InChI=1S/C14H20O3/c1-8-6-10(9(2)13(16)17)7-11(12(8)15)14(3,4)5/h6-7,9,15H,1-5H3,(H,16,17). The van der Waals surface area contributed by atoms with Crippen LogP contribution in [-0.4, -0.2) is 16.2 Å². The lowest BCUT2D eigenvalue weighted by atomic mass is 9.82. The summed E-state index contributed by atoms with van der Waals surface area (Å²) in [6.45, 7) is 9.44. The SMILES string of the molecule is Cc1cc(C(C)C(=O)O)cc(C(C)(C)C)c1O. The fraction of sp³-hybridized carbons (Fsp3) is 0.500. The minimum atomic E-state index is -0.852. The summed E-state index contributed by atoms with van der Waals surface area (Å²) in [7, 11) is 0. The van der Waals surface area contributed by atoms with Gasteiger partial charge in [0.1, 0.15) is 5.75 Å². The second kappa shape index (κ2) is 4.40. The zero-order chi connectivity index (χ0) is 13.4. The fourth-order valence-corrected chi connectivity index (χ4v) is 1.77. The van der Waals surface area contributed by atoms with E-state index in [0.717, 1.165) is 16.7 Å². The lowest BCUT2D eigenvalue weighted by Gasteiger charge is -2.23. The van der Waals surface area contributed by atoms with Crippen LogP contribution in [-0.2, 0) is 10.2 Å². The minimum absolute atomic E-state index is 0.205. The van der Waals surface area contributed by atoms with Crippen LogP contribution < -0.4 is 0 Å². The summed E-state index contributed by atoms with van der Waals surface area (Å²) < 4.78 is 0. The number of phenols is 1. The molecule has 0 radical (unpaired) electrons. The van der Waals surface area contributed by atoms with Crippen LogP contribution in [0.25, 0.3) is 0 Å². The van der Waals surface area contributed by atoms with Gasteiger partial charge in [0, 0.05) is 0 Å². The summed E-state index contributed by atoms with van der Waals surface area (Å²) in [5.74, 6) is -1.15. The average Bonchev–Trinajstić information content (AvgIpc) is 2.18. The van der Waals surface area contributed by atoms with Crippen LogP contribution in [0.2, 0.25) is 0 Å². The largest absolute Gasteiger partial charge is 0.507 e. The van der Waals surface area contributed by atoms with Crippen LogP contribution in [0.3, 0.4) is 0 Å². The van der Waals surface area contributed by atoms with Crippen LogP contribution in [0.4, 0.5) is 0 Å². The number of rotatable bonds is 2. The van der Waals surface area contributed by atoms with Gasteiger partial charge in [0.15, 0.2) is 0 Å². The first-order valence-electron chi connectivity index (χ1n) is 5.71. The lowest BCUT2D eigenvalue weighted by Crippen LogP contribution is -2.14. The zero-order valence-corrected chi connectivity index (χ0v) is 11.0. The summed E-state index contributed by atoms with van der Waals surface area (Å²) in [5.41, 5.74) is 2.04. The maximum Gasteiger partial charge on any atom is 0.310 e. The third kappa shape index (κ3) is 2.78.